The van der Waals surface area contributed by atoms with E-state index in [1.165, 1.54) is 12.1 Å². The summed E-state index contributed by atoms with van der Waals surface area (Å²) in [6.07, 6.45) is -4.46. The van der Waals surface area contributed by atoms with Gasteiger partial charge in [-0.2, -0.15) is 13.2 Å². The van der Waals surface area contributed by atoms with E-state index in [0.717, 1.165) is 23.3 Å². The van der Waals surface area contributed by atoms with Gasteiger partial charge >= 0.3 is 6.18 Å². The zero-order valence-corrected chi connectivity index (χ0v) is 11.6. The van der Waals surface area contributed by atoms with Gasteiger partial charge in [0.25, 0.3) is 5.91 Å². The van der Waals surface area contributed by atoms with E-state index in [2.05, 4.69) is 5.32 Å². The van der Waals surface area contributed by atoms with Gasteiger partial charge in [0, 0.05) is 11.3 Å². The van der Waals surface area contributed by atoms with Crippen molar-refractivity contribution in [2.45, 2.75) is 20.0 Å². The fourth-order valence-corrected chi connectivity index (χ4v) is 1.99. The van der Waals surface area contributed by atoms with Crippen LogP contribution in [0.1, 0.15) is 27.0 Å². The second-order valence-electron chi connectivity index (χ2n) is 4.85. The highest BCUT2D eigenvalue weighted by Gasteiger charge is 2.30. The van der Waals surface area contributed by atoms with Crippen molar-refractivity contribution in [3.63, 3.8) is 0 Å². The molecule has 0 saturated carbocycles. The lowest BCUT2D eigenvalue weighted by Gasteiger charge is -2.11. The van der Waals surface area contributed by atoms with E-state index in [4.69, 9.17) is 0 Å². The van der Waals surface area contributed by atoms with Gasteiger partial charge in [0.15, 0.2) is 0 Å². The minimum atomic E-state index is -4.46. The predicted octanol–water partition coefficient (Wildman–Crippen LogP) is 4.57. The standard InChI is InChI=1S/C16H14F3NO/c1-10-6-7-14(11(2)8-10)20-15(21)12-4-3-5-13(9-12)16(17,18)19/h3-9H,1-2H3,(H,20,21). The highest BCUT2D eigenvalue weighted by molar-refractivity contribution is 6.04. The second kappa shape index (κ2) is 5.60. The van der Waals surface area contributed by atoms with Crippen LogP contribution in [0.2, 0.25) is 0 Å². The van der Waals surface area contributed by atoms with E-state index >= 15 is 0 Å². The molecule has 0 radical (unpaired) electrons. The first-order valence-corrected chi connectivity index (χ1v) is 6.33. The third-order valence-corrected chi connectivity index (χ3v) is 3.08. The first-order chi connectivity index (χ1) is 9.77. The Hall–Kier alpha value is -2.30. The third-order valence-electron chi connectivity index (χ3n) is 3.08. The monoisotopic (exact) mass is 293 g/mol. The second-order valence-corrected chi connectivity index (χ2v) is 4.85. The highest BCUT2D eigenvalue weighted by atomic mass is 19.4. The Kier molecular flexibility index (Phi) is 4.02. The minimum absolute atomic E-state index is 0.0233. The summed E-state index contributed by atoms with van der Waals surface area (Å²) in [4.78, 5) is 12.1. The van der Waals surface area contributed by atoms with Gasteiger partial charge < -0.3 is 5.32 Å². The molecule has 1 N–H and O–H groups in total. The Morgan fingerprint density at radius 2 is 1.76 bits per heavy atom. The average Bonchev–Trinajstić information content (AvgIpc) is 2.41. The molecule has 0 fully saturated rings. The molecule has 1 amide bonds. The van der Waals surface area contributed by atoms with Gasteiger partial charge in [-0.25, -0.2) is 0 Å². The minimum Gasteiger partial charge on any atom is -0.322 e. The number of anilines is 1. The molecule has 5 heteroatoms. The zero-order chi connectivity index (χ0) is 15.6. The highest BCUT2D eigenvalue weighted by Crippen LogP contribution is 2.29. The molecule has 0 unspecified atom stereocenters. The van der Waals surface area contributed by atoms with Crippen molar-refractivity contribution in [3.8, 4) is 0 Å². The molecule has 21 heavy (non-hydrogen) atoms. The molecule has 0 spiro atoms. The van der Waals surface area contributed by atoms with E-state index in [9.17, 15) is 18.0 Å². The van der Waals surface area contributed by atoms with E-state index in [-0.39, 0.29) is 5.56 Å². The number of alkyl halides is 3. The van der Waals surface area contributed by atoms with Crippen molar-refractivity contribution < 1.29 is 18.0 Å². The Labute approximate surface area is 120 Å². The molecule has 2 nitrogen and oxygen atoms in total. The van der Waals surface area contributed by atoms with Gasteiger partial charge in [0.1, 0.15) is 0 Å². The molecule has 2 aromatic rings. The third kappa shape index (κ3) is 3.62. The molecular formula is C16H14F3NO. The summed E-state index contributed by atoms with van der Waals surface area (Å²) >= 11 is 0. The maximum atomic E-state index is 12.6. The molecule has 0 bridgehead atoms. The van der Waals surface area contributed by atoms with Crippen LogP contribution in [-0.2, 0) is 6.18 Å². The van der Waals surface area contributed by atoms with Crippen molar-refractivity contribution in [3.05, 3.63) is 64.7 Å². The van der Waals surface area contributed by atoms with Crippen LogP contribution in [0.15, 0.2) is 42.5 Å². The van der Waals surface area contributed by atoms with Crippen LogP contribution >= 0.6 is 0 Å². The lowest BCUT2D eigenvalue weighted by Crippen LogP contribution is -2.14. The van der Waals surface area contributed by atoms with Gasteiger partial charge in [0.05, 0.1) is 5.56 Å². The average molecular weight is 293 g/mol. The first kappa shape index (κ1) is 15.1. The maximum absolute atomic E-state index is 12.6. The van der Waals surface area contributed by atoms with Crippen molar-refractivity contribution in [1.29, 1.82) is 0 Å². The number of hydrogen-bond donors (Lipinski definition) is 1. The summed E-state index contributed by atoms with van der Waals surface area (Å²) in [6.45, 7) is 3.75. The maximum Gasteiger partial charge on any atom is 0.416 e. The predicted molar refractivity (Wildman–Crippen MR) is 75.3 cm³/mol. The Balaban J connectivity index is 2.25. The van der Waals surface area contributed by atoms with Crippen LogP contribution in [0.25, 0.3) is 0 Å². The molecule has 0 aliphatic heterocycles. The van der Waals surface area contributed by atoms with Crippen LogP contribution < -0.4 is 5.32 Å². The summed E-state index contributed by atoms with van der Waals surface area (Å²) in [5.41, 5.74) is 1.63. The van der Waals surface area contributed by atoms with Gasteiger partial charge in [0.2, 0.25) is 0 Å². The number of rotatable bonds is 2. The lowest BCUT2D eigenvalue weighted by molar-refractivity contribution is -0.137. The van der Waals surface area contributed by atoms with Crippen molar-refractivity contribution in [1.82, 2.24) is 0 Å². The summed E-state index contributed by atoms with van der Waals surface area (Å²) in [7, 11) is 0. The fourth-order valence-electron chi connectivity index (χ4n) is 1.99. The molecular weight excluding hydrogens is 279 g/mol. The van der Waals surface area contributed by atoms with Gasteiger partial charge in [-0.3, -0.25) is 4.79 Å². The SMILES string of the molecule is Cc1ccc(NC(=O)c2cccc(C(F)(F)F)c2)c(C)c1. The van der Waals surface area contributed by atoms with E-state index in [1.807, 2.05) is 26.0 Å². The Morgan fingerprint density at radius 3 is 2.38 bits per heavy atom. The van der Waals surface area contributed by atoms with Gasteiger partial charge in [-0.15, -0.1) is 0 Å². The zero-order valence-electron chi connectivity index (χ0n) is 11.6. The number of carbonyl (C=O) groups is 1. The van der Waals surface area contributed by atoms with Crippen molar-refractivity contribution >= 4 is 11.6 Å². The van der Waals surface area contributed by atoms with E-state index in [0.29, 0.717) is 5.69 Å². The number of halogens is 3. The molecule has 0 aromatic heterocycles. The number of amides is 1. The molecule has 0 aliphatic carbocycles. The number of benzene rings is 2. The van der Waals surface area contributed by atoms with Crippen molar-refractivity contribution in [2.24, 2.45) is 0 Å². The fraction of sp³-hybridized carbons (Fsp3) is 0.188. The molecule has 2 rings (SSSR count). The summed E-state index contributed by atoms with van der Waals surface area (Å²) in [5.74, 6) is -0.562. The topological polar surface area (TPSA) is 29.1 Å². The Bertz CT molecular complexity index is 677. The number of aryl methyl sites for hydroxylation is 2. The first-order valence-electron chi connectivity index (χ1n) is 6.33. The van der Waals surface area contributed by atoms with Gasteiger partial charge in [-0.1, -0.05) is 23.8 Å². The quantitative estimate of drug-likeness (QED) is 0.863. The molecule has 2 aromatic carbocycles. The molecule has 0 aliphatic rings. The Morgan fingerprint density at radius 1 is 1.05 bits per heavy atom. The smallest absolute Gasteiger partial charge is 0.322 e. The van der Waals surface area contributed by atoms with E-state index < -0.39 is 17.6 Å². The van der Waals surface area contributed by atoms with Crippen molar-refractivity contribution in [2.75, 3.05) is 5.32 Å². The molecule has 0 saturated heterocycles. The van der Waals surface area contributed by atoms with Crippen LogP contribution in [-0.4, -0.2) is 5.91 Å². The van der Waals surface area contributed by atoms with Gasteiger partial charge in [-0.05, 0) is 43.7 Å². The number of hydrogen-bond acceptors (Lipinski definition) is 1. The van der Waals surface area contributed by atoms with Crippen LogP contribution in [0.4, 0.5) is 18.9 Å². The molecule has 0 atom stereocenters. The van der Waals surface area contributed by atoms with E-state index in [1.54, 1.807) is 6.07 Å². The largest absolute Gasteiger partial charge is 0.416 e. The van der Waals surface area contributed by atoms with Crippen LogP contribution in [0, 0.1) is 13.8 Å². The number of nitrogens with one attached hydrogen (secondary N) is 1. The summed E-state index contributed by atoms with van der Waals surface area (Å²) in [5, 5.41) is 2.63. The normalized spacial score (nSPS) is 11.3. The molecule has 0 heterocycles. The summed E-state index contributed by atoms with van der Waals surface area (Å²) < 4.78 is 37.9. The van der Waals surface area contributed by atoms with Crippen LogP contribution in [0.3, 0.4) is 0 Å². The lowest BCUT2D eigenvalue weighted by atomic mass is 10.1. The summed E-state index contributed by atoms with van der Waals surface area (Å²) in [6, 6.07) is 9.81. The molecule has 110 valence electrons. The number of carbonyl (C=O) groups excluding carboxylic acids is 1. The van der Waals surface area contributed by atoms with Crippen LogP contribution in [0.5, 0.6) is 0 Å².